The van der Waals surface area contributed by atoms with Crippen molar-refractivity contribution in [2.24, 2.45) is 5.73 Å². The van der Waals surface area contributed by atoms with Crippen LogP contribution in [-0.4, -0.2) is 41.3 Å². The molecule has 16 heavy (non-hydrogen) atoms. The van der Waals surface area contributed by atoms with E-state index >= 15 is 0 Å². The maximum absolute atomic E-state index is 10.8. The van der Waals surface area contributed by atoms with Gasteiger partial charge in [0.05, 0.1) is 5.60 Å². The molecule has 0 unspecified atom stereocenters. The van der Waals surface area contributed by atoms with Crippen LogP contribution in [0.2, 0.25) is 0 Å². The molecule has 0 radical (unpaired) electrons. The standard InChI is InChI=1S/C13H26N2O/c1-15-10-8-13(16,9-11-15)12(14)6-4-2-3-5-7-12/h16H,2-11,14H2,1H3. The molecule has 1 aliphatic heterocycles. The second-order valence-electron chi connectivity index (χ2n) is 5.91. The van der Waals surface area contributed by atoms with Gasteiger partial charge in [0.2, 0.25) is 0 Å². The summed E-state index contributed by atoms with van der Waals surface area (Å²) in [7, 11) is 2.12. The minimum absolute atomic E-state index is 0.315. The van der Waals surface area contributed by atoms with Crippen molar-refractivity contribution in [2.75, 3.05) is 20.1 Å². The van der Waals surface area contributed by atoms with E-state index in [9.17, 15) is 5.11 Å². The Morgan fingerprint density at radius 2 is 1.44 bits per heavy atom. The zero-order valence-corrected chi connectivity index (χ0v) is 10.5. The first-order valence-electron chi connectivity index (χ1n) is 6.76. The summed E-state index contributed by atoms with van der Waals surface area (Å²) in [5.74, 6) is 0. The fraction of sp³-hybridized carbons (Fsp3) is 1.00. The quantitative estimate of drug-likeness (QED) is 0.666. The van der Waals surface area contributed by atoms with Crippen LogP contribution in [0.4, 0.5) is 0 Å². The zero-order chi connectivity index (χ0) is 11.6. The molecule has 2 rings (SSSR count). The van der Waals surface area contributed by atoms with Gasteiger partial charge in [0.1, 0.15) is 0 Å². The van der Waals surface area contributed by atoms with Crippen LogP contribution < -0.4 is 5.73 Å². The zero-order valence-electron chi connectivity index (χ0n) is 10.5. The van der Waals surface area contributed by atoms with Gasteiger partial charge in [-0.3, -0.25) is 0 Å². The van der Waals surface area contributed by atoms with Crippen LogP contribution in [0.25, 0.3) is 0 Å². The molecule has 94 valence electrons. The van der Waals surface area contributed by atoms with Crippen molar-refractivity contribution in [3.05, 3.63) is 0 Å². The minimum atomic E-state index is -0.607. The summed E-state index contributed by atoms with van der Waals surface area (Å²) in [5, 5.41) is 10.8. The van der Waals surface area contributed by atoms with Crippen LogP contribution in [0.5, 0.6) is 0 Å². The molecule has 2 fully saturated rings. The number of likely N-dealkylation sites (tertiary alicyclic amines) is 1. The first-order valence-corrected chi connectivity index (χ1v) is 6.76. The van der Waals surface area contributed by atoms with Gasteiger partial charge in [-0.15, -0.1) is 0 Å². The molecule has 3 heteroatoms. The highest BCUT2D eigenvalue weighted by Gasteiger charge is 2.48. The van der Waals surface area contributed by atoms with Crippen molar-refractivity contribution in [1.29, 1.82) is 0 Å². The third-order valence-corrected chi connectivity index (χ3v) is 4.74. The molecule has 1 saturated heterocycles. The van der Waals surface area contributed by atoms with Gasteiger partial charge in [0.15, 0.2) is 0 Å². The lowest BCUT2D eigenvalue weighted by molar-refractivity contribution is -0.0823. The normalized spacial score (nSPS) is 30.9. The summed E-state index contributed by atoms with van der Waals surface area (Å²) >= 11 is 0. The number of nitrogens with zero attached hydrogens (tertiary/aromatic N) is 1. The molecule has 2 aliphatic rings. The SMILES string of the molecule is CN1CCC(O)(C2(N)CCCCCC2)CC1. The second kappa shape index (κ2) is 4.63. The van der Waals surface area contributed by atoms with E-state index < -0.39 is 5.60 Å². The molecular formula is C13H26N2O. The first kappa shape index (κ1) is 12.3. The smallest absolute Gasteiger partial charge is 0.0850 e. The Balaban J connectivity index is 2.08. The van der Waals surface area contributed by atoms with E-state index in [1.807, 2.05) is 0 Å². The van der Waals surface area contributed by atoms with Crippen LogP contribution in [0.15, 0.2) is 0 Å². The maximum atomic E-state index is 10.8. The molecule has 0 amide bonds. The highest BCUT2D eigenvalue weighted by atomic mass is 16.3. The summed E-state index contributed by atoms with van der Waals surface area (Å²) < 4.78 is 0. The van der Waals surface area contributed by atoms with Gasteiger partial charge in [-0.25, -0.2) is 0 Å². The Morgan fingerprint density at radius 1 is 0.938 bits per heavy atom. The lowest BCUT2D eigenvalue weighted by Crippen LogP contribution is -2.63. The summed E-state index contributed by atoms with van der Waals surface area (Å²) in [6.07, 6.45) is 8.66. The van der Waals surface area contributed by atoms with Crippen LogP contribution in [-0.2, 0) is 0 Å². The summed E-state index contributed by atoms with van der Waals surface area (Å²) in [5.41, 5.74) is 5.62. The predicted molar refractivity (Wildman–Crippen MR) is 66.3 cm³/mol. The molecule has 1 saturated carbocycles. The fourth-order valence-corrected chi connectivity index (χ4v) is 3.31. The number of rotatable bonds is 1. The molecule has 3 N–H and O–H groups in total. The van der Waals surface area contributed by atoms with Gasteiger partial charge in [-0.05, 0) is 32.7 Å². The number of piperidine rings is 1. The monoisotopic (exact) mass is 226 g/mol. The number of aliphatic hydroxyl groups is 1. The lowest BCUT2D eigenvalue weighted by Gasteiger charge is -2.48. The molecule has 0 aromatic heterocycles. The van der Waals surface area contributed by atoms with Gasteiger partial charge in [-0.2, -0.15) is 0 Å². The fourth-order valence-electron chi connectivity index (χ4n) is 3.31. The van der Waals surface area contributed by atoms with E-state index in [1.165, 1.54) is 25.7 Å². The number of hydrogen-bond acceptors (Lipinski definition) is 3. The van der Waals surface area contributed by atoms with Gasteiger partial charge in [0.25, 0.3) is 0 Å². The average Bonchev–Trinajstić information content (AvgIpc) is 2.49. The molecule has 3 nitrogen and oxygen atoms in total. The van der Waals surface area contributed by atoms with Gasteiger partial charge in [-0.1, -0.05) is 25.7 Å². The van der Waals surface area contributed by atoms with Crippen molar-refractivity contribution in [2.45, 2.75) is 62.5 Å². The molecule has 0 aromatic carbocycles. The van der Waals surface area contributed by atoms with Crippen LogP contribution in [0.3, 0.4) is 0 Å². The molecule has 0 atom stereocenters. The van der Waals surface area contributed by atoms with Crippen molar-refractivity contribution < 1.29 is 5.11 Å². The largest absolute Gasteiger partial charge is 0.388 e. The Morgan fingerprint density at radius 3 is 1.94 bits per heavy atom. The Kier molecular flexibility index (Phi) is 3.57. The van der Waals surface area contributed by atoms with E-state index in [0.717, 1.165) is 38.8 Å². The number of hydrogen-bond donors (Lipinski definition) is 2. The maximum Gasteiger partial charge on any atom is 0.0850 e. The predicted octanol–water partition coefficient (Wildman–Crippen LogP) is 1.49. The number of nitrogens with two attached hydrogens (primary N) is 1. The highest BCUT2D eigenvalue weighted by Crippen LogP contribution is 2.39. The van der Waals surface area contributed by atoms with Gasteiger partial charge in [0, 0.05) is 18.6 Å². The molecule has 1 aliphatic carbocycles. The van der Waals surface area contributed by atoms with Crippen molar-refractivity contribution in [3.8, 4) is 0 Å². The lowest BCUT2D eigenvalue weighted by atomic mass is 9.70. The molecule has 0 bridgehead atoms. The van der Waals surface area contributed by atoms with Crippen molar-refractivity contribution in [1.82, 2.24) is 4.90 Å². The third-order valence-electron chi connectivity index (χ3n) is 4.74. The summed E-state index contributed by atoms with van der Waals surface area (Å²) in [4.78, 5) is 2.29. The Labute approximate surface area is 99.0 Å². The van der Waals surface area contributed by atoms with Crippen molar-refractivity contribution in [3.63, 3.8) is 0 Å². The molecule has 1 heterocycles. The third kappa shape index (κ3) is 2.27. The van der Waals surface area contributed by atoms with E-state index in [0.29, 0.717) is 0 Å². The van der Waals surface area contributed by atoms with Crippen LogP contribution >= 0.6 is 0 Å². The van der Waals surface area contributed by atoms with Crippen LogP contribution in [0.1, 0.15) is 51.4 Å². The molecular weight excluding hydrogens is 200 g/mol. The molecule has 0 spiro atoms. The second-order valence-corrected chi connectivity index (χ2v) is 5.91. The van der Waals surface area contributed by atoms with E-state index in [2.05, 4.69) is 11.9 Å². The van der Waals surface area contributed by atoms with E-state index in [1.54, 1.807) is 0 Å². The van der Waals surface area contributed by atoms with E-state index in [4.69, 9.17) is 5.73 Å². The molecule has 0 aromatic rings. The van der Waals surface area contributed by atoms with Crippen molar-refractivity contribution >= 4 is 0 Å². The average molecular weight is 226 g/mol. The van der Waals surface area contributed by atoms with Gasteiger partial charge >= 0.3 is 0 Å². The minimum Gasteiger partial charge on any atom is -0.388 e. The Hall–Kier alpha value is -0.120. The van der Waals surface area contributed by atoms with Crippen LogP contribution in [0, 0.1) is 0 Å². The summed E-state index contributed by atoms with van der Waals surface area (Å²) in [6, 6.07) is 0. The Bertz CT molecular complexity index is 226. The van der Waals surface area contributed by atoms with E-state index in [-0.39, 0.29) is 5.54 Å². The topological polar surface area (TPSA) is 49.5 Å². The first-order chi connectivity index (χ1) is 7.56. The van der Waals surface area contributed by atoms with Gasteiger partial charge < -0.3 is 15.7 Å². The highest BCUT2D eigenvalue weighted by molar-refractivity contribution is 5.06. The summed E-state index contributed by atoms with van der Waals surface area (Å²) in [6.45, 7) is 1.96.